The SMILES string of the molecule is Cc1ccc(OC[C@@H](C)NC(=O)NCc2nc(C)cs2)cc1. The summed E-state index contributed by atoms with van der Waals surface area (Å²) in [6, 6.07) is 7.54. The number of nitrogens with zero attached hydrogens (tertiary/aromatic N) is 1. The fourth-order valence-electron chi connectivity index (χ4n) is 1.81. The van der Waals surface area contributed by atoms with E-state index in [0.29, 0.717) is 13.2 Å². The molecule has 1 aromatic heterocycles. The molecule has 0 aliphatic carbocycles. The lowest BCUT2D eigenvalue weighted by molar-refractivity contribution is 0.226. The van der Waals surface area contributed by atoms with Crippen LogP contribution in [0.5, 0.6) is 5.75 Å². The second-order valence-electron chi connectivity index (χ2n) is 5.23. The van der Waals surface area contributed by atoms with Crippen LogP contribution in [0.15, 0.2) is 29.6 Å². The highest BCUT2D eigenvalue weighted by atomic mass is 32.1. The fourth-order valence-corrected chi connectivity index (χ4v) is 2.52. The van der Waals surface area contributed by atoms with Crippen LogP contribution in [0, 0.1) is 13.8 Å². The topological polar surface area (TPSA) is 63.2 Å². The zero-order chi connectivity index (χ0) is 15.9. The second-order valence-corrected chi connectivity index (χ2v) is 6.18. The van der Waals surface area contributed by atoms with Gasteiger partial charge in [-0.3, -0.25) is 0 Å². The predicted octanol–water partition coefficient (Wildman–Crippen LogP) is 3.03. The molecular formula is C16H21N3O2S. The largest absolute Gasteiger partial charge is 0.491 e. The molecule has 22 heavy (non-hydrogen) atoms. The van der Waals surface area contributed by atoms with Crippen LogP contribution >= 0.6 is 11.3 Å². The molecule has 0 bridgehead atoms. The van der Waals surface area contributed by atoms with E-state index in [1.165, 1.54) is 5.56 Å². The molecule has 6 heteroatoms. The third kappa shape index (κ3) is 5.37. The van der Waals surface area contributed by atoms with Crippen molar-refractivity contribution >= 4 is 17.4 Å². The number of aryl methyl sites for hydroxylation is 2. The summed E-state index contributed by atoms with van der Waals surface area (Å²) in [5.74, 6) is 0.804. The zero-order valence-electron chi connectivity index (χ0n) is 13.1. The van der Waals surface area contributed by atoms with Crippen molar-refractivity contribution in [1.29, 1.82) is 0 Å². The average Bonchev–Trinajstić information content (AvgIpc) is 2.90. The third-order valence-electron chi connectivity index (χ3n) is 2.97. The number of thiazole rings is 1. The summed E-state index contributed by atoms with van der Waals surface area (Å²) < 4.78 is 5.64. The first-order valence-corrected chi connectivity index (χ1v) is 8.06. The van der Waals surface area contributed by atoms with Crippen LogP contribution in [-0.2, 0) is 6.54 Å². The van der Waals surface area contributed by atoms with Crippen LogP contribution in [0.3, 0.4) is 0 Å². The minimum absolute atomic E-state index is 0.0839. The van der Waals surface area contributed by atoms with Gasteiger partial charge in [0.15, 0.2) is 0 Å². The molecule has 1 aromatic carbocycles. The molecule has 0 saturated carbocycles. The Kier molecular flexibility index (Phi) is 5.77. The van der Waals surface area contributed by atoms with Crippen LogP contribution < -0.4 is 15.4 Å². The van der Waals surface area contributed by atoms with Gasteiger partial charge in [-0.05, 0) is 32.9 Å². The number of carbonyl (C=O) groups excluding carboxylic acids is 1. The van der Waals surface area contributed by atoms with Crippen LogP contribution in [0.25, 0.3) is 0 Å². The molecule has 0 unspecified atom stereocenters. The molecule has 1 heterocycles. The molecular weight excluding hydrogens is 298 g/mol. The van der Waals surface area contributed by atoms with Gasteiger partial charge in [0, 0.05) is 11.1 Å². The van der Waals surface area contributed by atoms with Gasteiger partial charge in [0.1, 0.15) is 17.4 Å². The number of amides is 2. The summed E-state index contributed by atoms with van der Waals surface area (Å²) in [4.78, 5) is 16.1. The maximum Gasteiger partial charge on any atom is 0.315 e. The van der Waals surface area contributed by atoms with E-state index in [-0.39, 0.29) is 12.1 Å². The molecule has 1 atom stereocenters. The predicted molar refractivity (Wildman–Crippen MR) is 88.4 cm³/mol. The molecule has 0 aliphatic heterocycles. The first kappa shape index (κ1) is 16.3. The molecule has 2 amide bonds. The highest BCUT2D eigenvalue weighted by Crippen LogP contribution is 2.11. The van der Waals surface area contributed by atoms with E-state index in [1.807, 2.05) is 50.4 Å². The van der Waals surface area contributed by atoms with Gasteiger partial charge in [-0.25, -0.2) is 9.78 Å². The van der Waals surface area contributed by atoms with Crippen molar-refractivity contribution in [2.45, 2.75) is 33.4 Å². The minimum atomic E-state index is -0.215. The van der Waals surface area contributed by atoms with E-state index < -0.39 is 0 Å². The van der Waals surface area contributed by atoms with E-state index in [1.54, 1.807) is 11.3 Å². The van der Waals surface area contributed by atoms with Gasteiger partial charge < -0.3 is 15.4 Å². The van der Waals surface area contributed by atoms with Gasteiger partial charge in [-0.1, -0.05) is 17.7 Å². The van der Waals surface area contributed by atoms with Crippen molar-refractivity contribution in [2.75, 3.05) is 6.61 Å². The van der Waals surface area contributed by atoms with E-state index in [4.69, 9.17) is 4.74 Å². The number of rotatable bonds is 6. The summed E-state index contributed by atoms with van der Waals surface area (Å²) in [5, 5.41) is 8.50. The van der Waals surface area contributed by atoms with Crippen LogP contribution in [0.2, 0.25) is 0 Å². The summed E-state index contributed by atoms with van der Waals surface area (Å²) >= 11 is 1.54. The first-order chi connectivity index (χ1) is 10.5. The van der Waals surface area contributed by atoms with Gasteiger partial charge in [0.2, 0.25) is 0 Å². The molecule has 5 nitrogen and oxygen atoms in total. The Labute approximate surface area is 134 Å². The van der Waals surface area contributed by atoms with E-state index in [9.17, 15) is 4.79 Å². The summed E-state index contributed by atoms with van der Waals surface area (Å²) in [6.07, 6.45) is 0. The van der Waals surface area contributed by atoms with Gasteiger partial charge >= 0.3 is 6.03 Å². The molecule has 118 valence electrons. The van der Waals surface area contributed by atoms with E-state index >= 15 is 0 Å². The number of hydrogen-bond donors (Lipinski definition) is 2. The number of nitrogens with one attached hydrogen (secondary N) is 2. The van der Waals surface area contributed by atoms with Gasteiger partial charge in [-0.2, -0.15) is 0 Å². The highest BCUT2D eigenvalue weighted by Gasteiger charge is 2.08. The number of carbonyl (C=O) groups is 1. The van der Waals surface area contributed by atoms with Crippen LogP contribution in [-0.4, -0.2) is 23.7 Å². The minimum Gasteiger partial charge on any atom is -0.491 e. The van der Waals surface area contributed by atoms with Crippen molar-refractivity contribution in [3.63, 3.8) is 0 Å². The highest BCUT2D eigenvalue weighted by molar-refractivity contribution is 7.09. The number of hydrogen-bond acceptors (Lipinski definition) is 4. The lowest BCUT2D eigenvalue weighted by Gasteiger charge is -2.15. The van der Waals surface area contributed by atoms with Gasteiger partial charge in [-0.15, -0.1) is 11.3 Å². The molecule has 2 N–H and O–H groups in total. The number of benzene rings is 1. The Hall–Kier alpha value is -2.08. The van der Waals surface area contributed by atoms with Crippen LogP contribution in [0.4, 0.5) is 4.79 Å². The first-order valence-electron chi connectivity index (χ1n) is 7.18. The second kappa shape index (κ2) is 7.79. The van der Waals surface area contributed by atoms with Crippen molar-refractivity contribution in [1.82, 2.24) is 15.6 Å². The standard InChI is InChI=1S/C16H21N3O2S/c1-11-4-6-14(7-5-11)21-9-12(2)19-16(20)17-8-15-18-13(3)10-22-15/h4-7,10,12H,8-9H2,1-3H3,(H2,17,19,20)/t12-/m1/s1. The maximum atomic E-state index is 11.8. The maximum absolute atomic E-state index is 11.8. The summed E-state index contributed by atoms with van der Waals surface area (Å²) in [6.45, 7) is 6.73. The summed E-state index contributed by atoms with van der Waals surface area (Å²) in [5.41, 5.74) is 2.16. The molecule has 0 saturated heterocycles. The van der Waals surface area contributed by atoms with Crippen molar-refractivity contribution in [3.8, 4) is 5.75 Å². The molecule has 2 aromatic rings. The molecule has 0 fully saturated rings. The monoisotopic (exact) mass is 319 g/mol. The van der Waals surface area contributed by atoms with E-state index in [0.717, 1.165) is 16.5 Å². The Morgan fingerprint density at radius 1 is 1.32 bits per heavy atom. The average molecular weight is 319 g/mol. The fraction of sp³-hybridized carbons (Fsp3) is 0.375. The third-order valence-corrected chi connectivity index (χ3v) is 3.93. The lowest BCUT2D eigenvalue weighted by Crippen LogP contribution is -2.42. The van der Waals surface area contributed by atoms with Crippen molar-refractivity contribution in [3.05, 3.63) is 45.9 Å². The Morgan fingerprint density at radius 3 is 2.68 bits per heavy atom. The normalized spacial score (nSPS) is 11.8. The zero-order valence-corrected chi connectivity index (χ0v) is 13.9. The Bertz CT molecular complexity index is 610. The molecule has 0 spiro atoms. The quantitative estimate of drug-likeness (QED) is 0.860. The Balaban J connectivity index is 1.68. The number of ether oxygens (including phenoxy) is 1. The van der Waals surface area contributed by atoms with Gasteiger partial charge in [0.25, 0.3) is 0 Å². The number of aromatic nitrogens is 1. The molecule has 0 aliphatic rings. The number of urea groups is 1. The van der Waals surface area contributed by atoms with Gasteiger partial charge in [0.05, 0.1) is 12.6 Å². The van der Waals surface area contributed by atoms with Crippen LogP contribution in [0.1, 0.15) is 23.2 Å². The summed E-state index contributed by atoms with van der Waals surface area (Å²) in [7, 11) is 0. The Morgan fingerprint density at radius 2 is 2.05 bits per heavy atom. The van der Waals surface area contributed by atoms with Crippen molar-refractivity contribution in [2.24, 2.45) is 0 Å². The van der Waals surface area contributed by atoms with Crippen molar-refractivity contribution < 1.29 is 9.53 Å². The lowest BCUT2D eigenvalue weighted by atomic mass is 10.2. The molecule has 2 rings (SSSR count). The molecule has 0 radical (unpaired) electrons. The smallest absolute Gasteiger partial charge is 0.315 e. The van der Waals surface area contributed by atoms with E-state index in [2.05, 4.69) is 15.6 Å².